The molecule has 0 atom stereocenters. The van der Waals surface area contributed by atoms with Crippen molar-refractivity contribution in [2.45, 2.75) is 12.7 Å². The number of alkyl halides is 3. The normalized spacial score (nSPS) is 11.6. The zero-order chi connectivity index (χ0) is 21.3. The lowest BCUT2D eigenvalue weighted by Gasteiger charge is -2.13. The van der Waals surface area contributed by atoms with Crippen molar-refractivity contribution in [1.29, 1.82) is 0 Å². The summed E-state index contributed by atoms with van der Waals surface area (Å²) in [6, 6.07) is 15.9. The third kappa shape index (κ3) is 3.97. The Bertz CT molecular complexity index is 1280. The summed E-state index contributed by atoms with van der Waals surface area (Å²) in [6.07, 6.45) is -3.38. The van der Waals surface area contributed by atoms with Crippen LogP contribution in [0, 0.1) is 0 Å². The molecule has 0 aliphatic carbocycles. The summed E-state index contributed by atoms with van der Waals surface area (Å²) in [7, 11) is 0. The molecule has 4 aromatic rings. The van der Waals surface area contributed by atoms with Crippen LogP contribution in [0.2, 0.25) is 0 Å². The van der Waals surface area contributed by atoms with Crippen LogP contribution in [0.4, 0.5) is 18.9 Å². The summed E-state index contributed by atoms with van der Waals surface area (Å²) in [5, 5.41) is 2.58. The number of benzene rings is 2. The third-order valence-corrected chi connectivity index (χ3v) is 5.49. The van der Waals surface area contributed by atoms with Crippen molar-refractivity contribution in [1.82, 2.24) is 9.55 Å². The first-order valence-electron chi connectivity index (χ1n) is 8.83. The van der Waals surface area contributed by atoms with E-state index in [1.54, 1.807) is 6.07 Å². The van der Waals surface area contributed by atoms with Gasteiger partial charge in [-0.15, -0.1) is 11.3 Å². The van der Waals surface area contributed by atoms with Crippen molar-refractivity contribution in [3.8, 4) is 10.4 Å². The van der Waals surface area contributed by atoms with Gasteiger partial charge in [-0.25, -0.2) is 4.98 Å². The lowest BCUT2D eigenvalue weighted by molar-refractivity contribution is -0.137. The predicted molar refractivity (Wildman–Crippen MR) is 109 cm³/mol. The number of fused-ring (bicyclic) bond motifs is 1. The monoisotopic (exact) mass is 429 g/mol. The molecule has 0 aliphatic heterocycles. The van der Waals surface area contributed by atoms with E-state index >= 15 is 0 Å². The summed E-state index contributed by atoms with van der Waals surface area (Å²) in [4.78, 5) is 30.7. The largest absolute Gasteiger partial charge is 0.418 e. The van der Waals surface area contributed by atoms with E-state index in [0.717, 1.165) is 27.1 Å². The molecule has 2 heterocycles. The number of carbonyl (C=O) groups excluding carboxylic acids is 1. The zero-order valence-electron chi connectivity index (χ0n) is 15.3. The van der Waals surface area contributed by atoms with Crippen LogP contribution in [0.3, 0.4) is 0 Å². The highest BCUT2D eigenvalue weighted by atomic mass is 32.1. The van der Waals surface area contributed by atoms with Gasteiger partial charge in [0.05, 0.1) is 23.0 Å². The van der Waals surface area contributed by atoms with Crippen molar-refractivity contribution in [3.63, 3.8) is 0 Å². The first kappa shape index (κ1) is 19.8. The Hall–Kier alpha value is -3.46. The van der Waals surface area contributed by atoms with Crippen LogP contribution >= 0.6 is 11.3 Å². The first-order chi connectivity index (χ1) is 14.3. The molecule has 0 saturated heterocycles. The minimum absolute atomic E-state index is 0.352. The molecule has 0 fully saturated rings. The molecule has 0 saturated carbocycles. The van der Waals surface area contributed by atoms with E-state index in [4.69, 9.17) is 0 Å². The van der Waals surface area contributed by atoms with E-state index in [9.17, 15) is 22.8 Å². The molecule has 0 radical (unpaired) electrons. The maximum Gasteiger partial charge on any atom is 0.418 e. The molecule has 2 aromatic heterocycles. The van der Waals surface area contributed by atoms with E-state index in [1.165, 1.54) is 29.8 Å². The number of para-hydroxylation sites is 1. The molecule has 9 heteroatoms. The fourth-order valence-electron chi connectivity index (χ4n) is 3.00. The molecule has 152 valence electrons. The number of carbonyl (C=O) groups is 1. The molecular formula is C21H14F3N3O2S. The number of hydrogen-bond donors (Lipinski definition) is 1. The third-order valence-electron chi connectivity index (χ3n) is 4.40. The number of halogens is 3. The lowest BCUT2D eigenvalue weighted by Crippen LogP contribution is -2.28. The SMILES string of the molecule is O=C(Cn1cnc2sc(-c3ccccc3)cc2c1=O)Nc1ccccc1C(F)(F)F. The van der Waals surface area contributed by atoms with E-state index in [1.807, 2.05) is 30.3 Å². The van der Waals surface area contributed by atoms with Crippen LogP contribution in [0.1, 0.15) is 5.56 Å². The molecule has 0 aliphatic rings. The second-order valence-electron chi connectivity index (χ2n) is 6.46. The van der Waals surface area contributed by atoms with E-state index < -0.39 is 29.8 Å². The zero-order valence-corrected chi connectivity index (χ0v) is 16.1. The second kappa shape index (κ2) is 7.75. The maximum absolute atomic E-state index is 13.1. The Morgan fingerprint density at radius 2 is 1.77 bits per heavy atom. The molecule has 2 aromatic carbocycles. The van der Waals surface area contributed by atoms with Crippen LogP contribution in [0.5, 0.6) is 0 Å². The number of nitrogens with one attached hydrogen (secondary N) is 1. The van der Waals surface area contributed by atoms with Gasteiger partial charge in [0.15, 0.2) is 0 Å². The Morgan fingerprint density at radius 1 is 1.07 bits per heavy atom. The molecule has 0 spiro atoms. The molecule has 1 amide bonds. The van der Waals surface area contributed by atoms with Gasteiger partial charge >= 0.3 is 6.18 Å². The van der Waals surface area contributed by atoms with Gasteiger partial charge in [-0.2, -0.15) is 13.2 Å². The van der Waals surface area contributed by atoms with Gasteiger partial charge < -0.3 is 5.32 Å². The maximum atomic E-state index is 13.1. The first-order valence-corrected chi connectivity index (χ1v) is 9.65. The highest BCUT2D eigenvalue weighted by Gasteiger charge is 2.33. The summed E-state index contributed by atoms with van der Waals surface area (Å²) in [6.45, 7) is -0.454. The van der Waals surface area contributed by atoms with Crippen LogP contribution in [0.15, 0.2) is 71.8 Å². The lowest BCUT2D eigenvalue weighted by atomic mass is 10.1. The summed E-state index contributed by atoms with van der Waals surface area (Å²) < 4.78 is 40.4. The Balaban J connectivity index is 1.60. The van der Waals surface area contributed by atoms with Crippen LogP contribution in [-0.4, -0.2) is 15.5 Å². The minimum atomic E-state index is -4.61. The van der Waals surface area contributed by atoms with Crippen LogP contribution < -0.4 is 10.9 Å². The predicted octanol–water partition coefficient (Wildman–Crippen LogP) is 4.78. The summed E-state index contributed by atoms with van der Waals surface area (Å²) in [5.41, 5.74) is -0.811. The highest BCUT2D eigenvalue weighted by molar-refractivity contribution is 7.21. The quantitative estimate of drug-likeness (QED) is 0.508. The second-order valence-corrected chi connectivity index (χ2v) is 7.50. The van der Waals surface area contributed by atoms with Crippen molar-refractivity contribution in [3.05, 3.63) is 82.9 Å². The number of amides is 1. The molecule has 30 heavy (non-hydrogen) atoms. The van der Waals surface area contributed by atoms with Gasteiger partial charge in [0.2, 0.25) is 5.91 Å². The summed E-state index contributed by atoms with van der Waals surface area (Å²) >= 11 is 1.35. The van der Waals surface area contributed by atoms with E-state index in [0.29, 0.717) is 10.2 Å². The average Bonchev–Trinajstić information content (AvgIpc) is 3.16. The number of aromatic nitrogens is 2. The van der Waals surface area contributed by atoms with Gasteiger partial charge in [0.25, 0.3) is 5.56 Å². The number of anilines is 1. The topological polar surface area (TPSA) is 64.0 Å². The highest BCUT2D eigenvalue weighted by Crippen LogP contribution is 2.34. The molecular weight excluding hydrogens is 415 g/mol. The Morgan fingerprint density at radius 3 is 2.50 bits per heavy atom. The van der Waals surface area contributed by atoms with E-state index in [2.05, 4.69) is 10.3 Å². The average molecular weight is 429 g/mol. The van der Waals surface area contributed by atoms with E-state index in [-0.39, 0.29) is 5.69 Å². The van der Waals surface area contributed by atoms with Gasteiger partial charge in [0.1, 0.15) is 11.4 Å². The molecule has 4 rings (SSSR count). The molecule has 0 bridgehead atoms. The standard InChI is InChI=1S/C21H14F3N3O2S/c22-21(23,24)15-8-4-5-9-16(15)26-18(28)11-27-12-25-19-14(20(27)29)10-17(30-19)13-6-2-1-3-7-13/h1-10,12H,11H2,(H,26,28). The Kier molecular flexibility index (Phi) is 5.13. The molecule has 5 nitrogen and oxygen atoms in total. The number of rotatable bonds is 4. The number of thiophene rings is 1. The number of hydrogen-bond acceptors (Lipinski definition) is 4. The molecule has 1 N–H and O–H groups in total. The van der Waals surface area contributed by atoms with Gasteiger partial charge in [0, 0.05) is 4.88 Å². The van der Waals surface area contributed by atoms with Crippen molar-refractivity contribution < 1.29 is 18.0 Å². The molecule has 0 unspecified atom stereocenters. The fourth-order valence-corrected chi connectivity index (χ4v) is 4.00. The van der Waals surface area contributed by atoms with Crippen LogP contribution in [0.25, 0.3) is 20.7 Å². The summed E-state index contributed by atoms with van der Waals surface area (Å²) in [5.74, 6) is -0.756. The van der Waals surface area contributed by atoms with Crippen molar-refractivity contribution in [2.24, 2.45) is 0 Å². The van der Waals surface area contributed by atoms with Crippen molar-refractivity contribution in [2.75, 3.05) is 5.32 Å². The Labute approximate surface area is 172 Å². The van der Waals surface area contributed by atoms with Crippen molar-refractivity contribution >= 4 is 33.1 Å². The van der Waals surface area contributed by atoms with Gasteiger partial charge in [-0.05, 0) is 23.8 Å². The van der Waals surface area contributed by atoms with Crippen LogP contribution in [-0.2, 0) is 17.5 Å². The van der Waals surface area contributed by atoms with Gasteiger partial charge in [-0.1, -0.05) is 42.5 Å². The smallest absolute Gasteiger partial charge is 0.324 e. The minimum Gasteiger partial charge on any atom is -0.324 e. The fraction of sp³-hybridized carbons (Fsp3) is 0.0952. The number of nitrogens with zero attached hydrogens (tertiary/aromatic N) is 2. The van der Waals surface area contributed by atoms with Gasteiger partial charge in [-0.3, -0.25) is 14.2 Å².